The number of guanidine groups is 1. The van der Waals surface area contributed by atoms with Crippen LogP contribution in [0.2, 0.25) is 5.02 Å². The molecule has 0 saturated carbocycles. The van der Waals surface area contributed by atoms with Gasteiger partial charge in [0.05, 0.1) is 14.2 Å². The van der Waals surface area contributed by atoms with E-state index in [9.17, 15) is 0 Å². The highest BCUT2D eigenvalue weighted by Crippen LogP contribution is 2.27. The van der Waals surface area contributed by atoms with Gasteiger partial charge in [0.25, 0.3) is 0 Å². The summed E-state index contributed by atoms with van der Waals surface area (Å²) >= 11 is 6.00. The molecule has 5 nitrogen and oxygen atoms in total. The molecule has 2 rings (SSSR count). The molecular formula is C19H25ClIN3O2. The van der Waals surface area contributed by atoms with Crippen LogP contribution in [0.25, 0.3) is 0 Å². The summed E-state index contributed by atoms with van der Waals surface area (Å²) in [6, 6.07) is 13.7. The molecule has 0 radical (unpaired) electrons. The lowest BCUT2D eigenvalue weighted by molar-refractivity contribution is 0.354. The van der Waals surface area contributed by atoms with Crippen molar-refractivity contribution in [2.45, 2.75) is 13.0 Å². The average Bonchev–Trinajstić information content (AvgIpc) is 2.64. The number of nitrogens with one attached hydrogen (secondary N) is 2. The summed E-state index contributed by atoms with van der Waals surface area (Å²) in [5.41, 5.74) is 2.27. The Labute approximate surface area is 177 Å². The lowest BCUT2D eigenvalue weighted by atomic mass is 10.1. The van der Waals surface area contributed by atoms with E-state index in [2.05, 4.69) is 21.7 Å². The Morgan fingerprint density at radius 2 is 1.77 bits per heavy atom. The Balaban J connectivity index is 0.00000338. The van der Waals surface area contributed by atoms with E-state index in [1.807, 2.05) is 36.4 Å². The van der Waals surface area contributed by atoms with Gasteiger partial charge in [-0.1, -0.05) is 29.8 Å². The molecule has 0 fully saturated rings. The van der Waals surface area contributed by atoms with Crippen LogP contribution in [0.1, 0.15) is 11.1 Å². The number of methoxy groups -OCH3 is 2. The van der Waals surface area contributed by atoms with E-state index in [1.165, 1.54) is 5.56 Å². The third kappa shape index (κ3) is 6.92. The summed E-state index contributed by atoms with van der Waals surface area (Å²) in [5, 5.41) is 7.35. The molecule has 0 aliphatic rings. The molecule has 0 unspecified atom stereocenters. The van der Waals surface area contributed by atoms with Crippen molar-refractivity contribution in [1.29, 1.82) is 0 Å². The van der Waals surface area contributed by atoms with Gasteiger partial charge in [-0.3, -0.25) is 4.99 Å². The van der Waals surface area contributed by atoms with Gasteiger partial charge in [-0.25, -0.2) is 0 Å². The zero-order valence-electron chi connectivity index (χ0n) is 15.2. The Kier molecular flexibility index (Phi) is 10.2. The molecule has 0 spiro atoms. The van der Waals surface area contributed by atoms with Crippen LogP contribution in [0.4, 0.5) is 0 Å². The number of hydrogen-bond donors (Lipinski definition) is 2. The molecular weight excluding hydrogens is 465 g/mol. The molecule has 0 atom stereocenters. The van der Waals surface area contributed by atoms with Gasteiger partial charge >= 0.3 is 0 Å². The molecule has 2 N–H and O–H groups in total. The molecule has 0 aromatic heterocycles. The fourth-order valence-corrected chi connectivity index (χ4v) is 2.63. The summed E-state index contributed by atoms with van der Waals surface area (Å²) < 4.78 is 10.6. The number of ether oxygens (including phenoxy) is 2. The van der Waals surface area contributed by atoms with Gasteiger partial charge in [-0.05, 0) is 41.8 Å². The van der Waals surface area contributed by atoms with Gasteiger partial charge in [-0.2, -0.15) is 0 Å². The highest BCUT2D eigenvalue weighted by atomic mass is 127. The second-order valence-electron chi connectivity index (χ2n) is 5.42. The molecule has 2 aromatic rings. The van der Waals surface area contributed by atoms with Gasteiger partial charge in [-0.15, -0.1) is 24.0 Å². The summed E-state index contributed by atoms with van der Waals surface area (Å²) in [5.74, 6) is 2.18. The Morgan fingerprint density at radius 1 is 1.00 bits per heavy atom. The zero-order chi connectivity index (χ0) is 18.1. The Hall–Kier alpha value is -1.67. The van der Waals surface area contributed by atoms with Crippen molar-refractivity contribution in [1.82, 2.24) is 10.6 Å². The Bertz CT molecular complexity index is 726. The van der Waals surface area contributed by atoms with Gasteiger partial charge in [0.1, 0.15) is 0 Å². The van der Waals surface area contributed by atoms with E-state index in [4.69, 9.17) is 21.1 Å². The van der Waals surface area contributed by atoms with Crippen LogP contribution in [0, 0.1) is 0 Å². The third-order valence-corrected chi connectivity index (χ3v) is 3.96. The van der Waals surface area contributed by atoms with Crippen LogP contribution in [0.5, 0.6) is 11.5 Å². The molecule has 0 saturated heterocycles. The highest BCUT2D eigenvalue weighted by molar-refractivity contribution is 14.0. The van der Waals surface area contributed by atoms with E-state index >= 15 is 0 Å². The third-order valence-electron chi connectivity index (χ3n) is 3.73. The van der Waals surface area contributed by atoms with Crippen molar-refractivity contribution in [3.05, 3.63) is 58.6 Å². The van der Waals surface area contributed by atoms with E-state index in [0.717, 1.165) is 35.3 Å². The summed E-state index contributed by atoms with van der Waals surface area (Å²) in [6.45, 7) is 1.41. The van der Waals surface area contributed by atoms with Gasteiger partial charge < -0.3 is 20.1 Å². The number of halogens is 2. The summed E-state index contributed by atoms with van der Waals surface area (Å²) in [7, 11) is 5.01. The number of rotatable bonds is 7. The minimum atomic E-state index is 0. The minimum Gasteiger partial charge on any atom is -0.493 e. The van der Waals surface area contributed by atoms with Crippen LogP contribution in [-0.2, 0) is 13.0 Å². The van der Waals surface area contributed by atoms with Crippen molar-refractivity contribution in [2.75, 3.05) is 27.8 Å². The van der Waals surface area contributed by atoms with Crippen molar-refractivity contribution in [3.63, 3.8) is 0 Å². The standard InChI is InChI=1S/C19H24ClN3O2.HI/c1-21-19(22-10-9-14-5-4-6-16(20)11-14)23-13-15-7-8-17(24-2)18(12-15)25-3;/h4-8,11-12H,9-10,13H2,1-3H3,(H2,21,22,23);1H. The first-order valence-electron chi connectivity index (χ1n) is 8.06. The lowest BCUT2D eigenvalue weighted by Crippen LogP contribution is -2.37. The highest BCUT2D eigenvalue weighted by Gasteiger charge is 2.05. The molecule has 142 valence electrons. The summed E-state index contributed by atoms with van der Waals surface area (Å²) in [4.78, 5) is 4.24. The number of hydrogen-bond acceptors (Lipinski definition) is 3. The first-order valence-corrected chi connectivity index (χ1v) is 8.44. The molecule has 7 heteroatoms. The quantitative estimate of drug-likeness (QED) is 0.352. The summed E-state index contributed by atoms with van der Waals surface area (Å²) in [6.07, 6.45) is 0.873. The topological polar surface area (TPSA) is 54.9 Å². The minimum absolute atomic E-state index is 0. The molecule has 0 amide bonds. The largest absolute Gasteiger partial charge is 0.493 e. The monoisotopic (exact) mass is 489 g/mol. The SMILES string of the molecule is CN=C(NCCc1cccc(Cl)c1)NCc1ccc(OC)c(OC)c1.I. The lowest BCUT2D eigenvalue weighted by Gasteiger charge is -2.13. The van der Waals surface area contributed by atoms with Crippen LogP contribution >= 0.6 is 35.6 Å². The van der Waals surface area contributed by atoms with E-state index in [-0.39, 0.29) is 24.0 Å². The van der Waals surface area contributed by atoms with Crippen LogP contribution < -0.4 is 20.1 Å². The van der Waals surface area contributed by atoms with E-state index in [1.54, 1.807) is 21.3 Å². The maximum Gasteiger partial charge on any atom is 0.191 e. The predicted molar refractivity (Wildman–Crippen MR) is 118 cm³/mol. The van der Waals surface area contributed by atoms with E-state index < -0.39 is 0 Å². The number of aliphatic imine (C=N–C) groups is 1. The zero-order valence-corrected chi connectivity index (χ0v) is 18.3. The molecule has 2 aromatic carbocycles. The normalized spacial score (nSPS) is 10.7. The van der Waals surface area contributed by atoms with Crippen molar-refractivity contribution >= 4 is 41.5 Å². The second-order valence-corrected chi connectivity index (χ2v) is 5.86. The van der Waals surface area contributed by atoms with Crippen molar-refractivity contribution in [3.8, 4) is 11.5 Å². The van der Waals surface area contributed by atoms with Gasteiger partial charge in [0, 0.05) is 25.2 Å². The van der Waals surface area contributed by atoms with Gasteiger partial charge in [0.15, 0.2) is 17.5 Å². The molecule has 0 aliphatic heterocycles. The Morgan fingerprint density at radius 3 is 2.42 bits per heavy atom. The van der Waals surface area contributed by atoms with Crippen molar-refractivity contribution in [2.24, 2.45) is 4.99 Å². The van der Waals surface area contributed by atoms with Gasteiger partial charge in [0.2, 0.25) is 0 Å². The van der Waals surface area contributed by atoms with Crippen LogP contribution in [0.15, 0.2) is 47.5 Å². The maximum absolute atomic E-state index is 6.00. The van der Waals surface area contributed by atoms with Crippen molar-refractivity contribution < 1.29 is 9.47 Å². The fourth-order valence-electron chi connectivity index (χ4n) is 2.41. The number of benzene rings is 2. The van der Waals surface area contributed by atoms with E-state index in [0.29, 0.717) is 12.3 Å². The molecule has 0 heterocycles. The number of nitrogens with zero attached hydrogens (tertiary/aromatic N) is 1. The smallest absolute Gasteiger partial charge is 0.191 e. The average molecular weight is 490 g/mol. The molecule has 0 aliphatic carbocycles. The predicted octanol–water partition coefficient (Wildman–Crippen LogP) is 3.88. The first-order chi connectivity index (χ1) is 12.2. The van der Waals surface area contributed by atoms with Crippen LogP contribution in [-0.4, -0.2) is 33.8 Å². The second kappa shape index (κ2) is 11.9. The fraction of sp³-hybridized carbons (Fsp3) is 0.316. The first kappa shape index (κ1) is 22.4. The molecule has 26 heavy (non-hydrogen) atoms. The molecule has 0 bridgehead atoms. The maximum atomic E-state index is 6.00. The van der Waals surface area contributed by atoms with Crippen LogP contribution in [0.3, 0.4) is 0 Å².